The number of hydrogen-bond acceptors (Lipinski definition) is 3. The summed E-state index contributed by atoms with van der Waals surface area (Å²) < 4.78 is 0. The summed E-state index contributed by atoms with van der Waals surface area (Å²) in [5.74, 6) is 0.153. The van der Waals surface area contributed by atoms with Gasteiger partial charge in [-0.2, -0.15) is 0 Å². The van der Waals surface area contributed by atoms with Gasteiger partial charge in [-0.1, -0.05) is 0 Å². The first-order chi connectivity index (χ1) is 7.70. The summed E-state index contributed by atoms with van der Waals surface area (Å²) >= 11 is 0. The lowest BCUT2D eigenvalue weighted by Crippen LogP contribution is -2.58. The van der Waals surface area contributed by atoms with Crippen LogP contribution in [-0.2, 0) is 9.59 Å². The van der Waals surface area contributed by atoms with Gasteiger partial charge in [0.15, 0.2) is 0 Å². The minimum atomic E-state index is -0.317. The van der Waals surface area contributed by atoms with Crippen molar-refractivity contribution in [2.45, 2.75) is 25.8 Å². The van der Waals surface area contributed by atoms with E-state index >= 15 is 0 Å². The minimum absolute atomic E-state index is 0.0385. The average molecular weight is 225 g/mol. The summed E-state index contributed by atoms with van der Waals surface area (Å²) in [4.78, 5) is 25.4. The van der Waals surface area contributed by atoms with Crippen LogP contribution in [0.5, 0.6) is 0 Å². The molecule has 2 fully saturated rings. The fourth-order valence-electron chi connectivity index (χ4n) is 2.38. The van der Waals surface area contributed by atoms with Gasteiger partial charge in [0.25, 0.3) is 0 Å². The molecule has 2 aliphatic heterocycles. The molecule has 1 unspecified atom stereocenters. The minimum Gasteiger partial charge on any atom is -0.353 e. The smallest absolute Gasteiger partial charge is 0.242 e. The fourth-order valence-corrected chi connectivity index (χ4v) is 2.38. The molecule has 0 radical (unpaired) electrons. The van der Waals surface area contributed by atoms with Crippen molar-refractivity contribution in [1.82, 2.24) is 15.5 Å². The third-order valence-corrected chi connectivity index (χ3v) is 3.43. The van der Waals surface area contributed by atoms with Crippen LogP contribution in [-0.4, -0.2) is 48.9 Å². The van der Waals surface area contributed by atoms with E-state index in [2.05, 4.69) is 10.6 Å². The van der Waals surface area contributed by atoms with Gasteiger partial charge in [-0.05, 0) is 26.3 Å². The molecule has 0 aromatic rings. The third-order valence-electron chi connectivity index (χ3n) is 3.43. The summed E-state index contributed by atoms with van der Waals surface area (Å²) in [7, 11) is 0. The van der Waals surface area contributed by atoms with Crippen LogP contribution in [0.15, 0.2) is 0 Å². The van der Waals surface area contributed by atoms with Crippen molar-refractivity contribution >= 4 is 11.8 Å². The molecule has 5 heteroatoms. The molecule has 2 heterocycles. The van der Waals surface area contributed by atoms with Crippen molar-refractivity contribution in [1.29, 1.82) is 0 Å². The van der Waals surface area contributed by atoms with Crippen LogP contribution in [0.3, 0.4) is 0 Å². The molecule has 0 bridgehead atoms. The van der Waals surface area contributed by atoms with E-state index in [-0.39, 0.29) is 23.8 Å². The Morgan fingerprint density at radius 1 is 1.44 bits per heavy atom. The molecule has 0 aromatic heterocycles. The maximum atomic E-state index is 12.2. The van der Waals surface area contributed by atoms with Crippen LogP contribution in [0.2, 0.25) is 0 Å². The molecule has 0 aromatic carbocycles. The molecule has 2 aliphatic rings. The van der Waals surface area contributed by atoms with Crippen LogP contribution in [0.4, 0.5) is 0 Å². The predicted molar refractivity (Wildman–Crippen MR) is 59.8 cm³/mol. The van der Waals surface area contributed by atoms with Crippen molar-refractivity contribution < 1.29 is 9.59 Å². The molecule has 2 saturated heterocycles. The molecule has 0 spiro atoms. The van der Waals surface area contributed by atoms with Crippen LogP contribution >= 0.6 is 0 Å². The Kier molecular flexibility index (Phi) is 3.43. The monoisotopic (exact) mass is 225 g/mol. The summed E-state index contributed by atoms with van der Waals surface area (Å²) in [5, 5.41) is 6.00. The van der Waals surface area contributed by atoms with Gasteiger partial charge in [-0.3, -0.25) is 9.59 Å². The first-order valence-corrected chi connectivity index (χ1v) is 5.99. The fraction of sp³-hybridized carbons (Fsp3) is 0.818. The van der Waals surface area contributed by atoms with Crippen molar-refractivity contribution in [2.75, 3.05) is 26.2 Å². The van der Waals surface area contributed by atoms with Crippen LogP contribution in [0, 0.1) is 5.92 Å². The van der Waals surface area contributed by atoms with Crippen LogP contribution in [0.1, 0.15) is 19.8 Å². The van der Waals surface area contributed by atoms with Gasteiger partial charge >= 0.3 is 0 Å². The van der Waals surface area contributed by atoms with Gasteiger partial charge in [0, 0.05) is 19.6 Å². The Morgan fingerprint density at radius 2 is 2.25 bits per heavy atom. The first-order valence-electron chi connectivity index (χ1n) is 5.99. The average Bonchev–Trinajstić information content (AvgIpc) is 2.33. The first kappa shape index (κ1) is 11.4. The van der Waals surface area contributed by atoms with E-state index in [1.165, 1.54) is 0 Å². The number of rotatable bonds is 1. The second-order valence-corrected chi connectivity index (χ2v) is 4.54. The van der Waals surface area contributed by atoms with E-state index in [1.54, 1.807) is 11.8 Å². The molecule has 2 rings (SSSR count). The van der Waals surface area contributed by atoms with Crippen molar-refractivity contribution in [3.63, 3.8) is 0 Å². The lowest BCUT2D eigenvalue weighted by Gasteiger charge is -2.36. The number of carbonyl (C=O) groups is 2. The van der Waals surface area contributed by atoms with Gasteiger partial charge < -0.3 is 15.5 Å². The van der Waals surface area contributed by atoms with Gasteiger partial charge in [0.05, 0.1) is 5.92 Å². The van der Waals surface area contributed by atoms with Gasteiger partial charge in [0.2, 0.25) is 11.8 Å². The number of piperidine rings is 1. The van der Waals surface area contributed by atoms with Gasteiger partial charge in [0.1, 0.15) is 6.04 Å². The number of hydrogen-bond donors (Lipinski definition) is 2. The Balaban J connectivity index is 1.99. The summed E-state index contributed by atoms with van der Waals surface area (Å²) in [5.41, 5.74) is 0. The Morgan fingerprint density at radius 3 is 2.94 bits per heavy atom. The highest BCUT2D eigenvalue weighted by atomic mass is 16.2. The van der Waals surface area contributed by atoms with E-state index in [0.29, 0.717) is 13.1 Å². The van der Waals surface area contributed by atoms with Crippen molar-refractivity contribution in [3.05, 3.63) is 0 Å². The molecule has 2 atom stereocenters. The molecule has 90 valence electrons. The van der Waals surface area contributed by atoms with Crippen LogP contribution < -0.4 is 10.6 Å². The summed E-state index contributed by atoms with van der Waals surface area (Å²) in [6, 6.07) is -0.317. The topological polar surface area (TPSA) is 61.4 Å². The molecular weight excluding hydrogens is 206 g/mol. The number of amides is 2. The largest absolute Gasteiger partial charge is 0.353 e. The Hall–Kier alpha value is -1.10. The van der Waals surface area contributed by atoms with Gasteiger partial charge in [-0.15, -0.1) is 0 Å². The van der Waals surface area contributed by atoms with Crippen molar-refractivity contribution in [2.24, 2.45) is 5.92 Å². The van der Waals surface area contributed by atoms with Crippen molar-refractivity contribution in [3.8, 4) is 0 Å². The Bertz CT molecular complexity index is 287. The third kappa shape index (κ3) is 2.19. The van der Waals surface area contributed by atoms with E-state index in [4.69, 9.17) is 0 Å². The molecule has 0 aliphatic carbocycles. The molecule has 5 nitrogen and oxygen atoms in total. The van der Waals surface area contributed by atoms with Gasteiger partial charge in [-0.25, -0.2) is 0 Å². The zero-order valence-corrected chi connectivity index (χ0v) is 9.66. The van der Waals surface area contributed by atoms with E-state index < -0.39 is 0 Å². The zero-order valence-electron chi connectivity index (χ0n) is 9.66. The number of nitrogens with zero attached hydrogens (tertiary/aromatic N) is 1. The predicted octanol–water partition coefficient (Wildman–Crippen LogP) is -0.667. The van der Waals surface area contributed by atoms with E-state index in [1.807, 2.05) is 0 Å². The maximum absolute atomic E-state index is 12.2. The highest BCUT2D eigenvalue weighted by Gasteiger charge is 2.33. The normalized spacial score (nSPS) is 31.1. The number of carbonyl (C=O) groups excluding carboxylic acids is 2. The zero-order chi connectivity index (χ0) is 11.5. The maximum Gasteiger partial charge on any atom is 0.242 e. The lowest BCUT2D eigenvalue weighted by molar-refractivity contribution is -0.145. The number of nitrogens with one attached hydrogen (secondary N) is 2. The standard InChI is InChI=1S/C11H19N3O2/c1-8-10(15)13-5-6-14(8)11(16)9-3-2-4-12-7-9/h8-9,12H,2-7H2,1H3,(H,13,15)/t8?,9-/m0/s1. The lowest BCUT2D eigenvalue weighted by atomic mass is 9.97. The molecule has 0 saturated carbocycles. The quantitative estimate of drug-likeness (QED) is 0.622. The number of piperazine rings is 1. The SMILES string of the molecule is CC1C(=O)NCCN1C(=O)[C@H]1CCCNC1. The van der Waals surface area contributed by atoms with E-state index in [0.717, 1.165) is 25.9 Å². The highest BCUT2D eigenvalue weighted by molar-refractivity contribution is 5.89. The van der Waals surface area contributed by atoms with E-state index in [9.17, 15) is 9.59 Å². The summed E-state index contributed by atoms with van der Waals surface area (Å²) in [6.45, 7) is 4.77. The van der Waals surface area contributed by atoms with Crippen LogP contribution in [0.25, 0.3) is 0 Å². The molecule has 16 heavy (non-hydrogen) atoms. The highest BCUT2D eigenvalue weighted by Crippen LogP contribution is 2.16. The molecule has 2 amide bonds. The molecule has 2 N–H and O–H groups in total. The molecular formula is C11H19N3O2. The second-order valence-electron chi connectivity index (χ2n) is 4.54. The second kappa shape index (κ2) is 4.82. The summed E-state index contributed by atoms with van der Waals surface area (Å²) in [6.07, 6.45) is 1.99. The Labute approximate surface area is 95.6 Å².